The van der Waals surface area contributed by atoms with Crippen molar-refractivity contribution in [2.24, 2.45) is 0 Å². The van der Waals surface area contributed by atoms with Gasteiger partial charge in [0, 0.05) is 30.2 Å². The second-order valence-corrected chi connectivity index (χ2v) is 4.59. The molecular weight excluding hydrogens is 238 g/mol. The number of H-pyrrole nitrogens is 1. The third-order valence-corrected chi connectivity index (χ3v) is 3.24. The highest BCUT2D eigenvalue weighted by atomic mass is 16.1. The average Bonchev–Trinajstić information content (AvgIpc) is 2.87. The van der Waals surface area contributed by atoms with Crippen LogP contribution in [0.15, 0.2) is 47.5 Å². The summed E-state index contributed by atoms with van der Waals surface area (Å²) in [6, 6.07) is 9.76. The summed E-state index contributed by atoms with van der Waals surface area (Å²) in [5.41, 5.74) is 2.68. The minimum absolute atomic E-state index is 0.0250. The Morgan fingerprint density at radius 3 is 2.95 bits per heavy atom. The molecule has 0 unspecified atom stereocenters. The molecule has 19 heavy (non-hydrogen) atoms. The van der Waals surface area contributed by atoms with Crippen molar-refractivity contribution in [2.75, 3.05) is 0 Å². The van der Waals surface area contributed by atoms with Crippen LogP contribution in [0.5, 0.6) is 0 Å². The van der Waals surface area contributed by atoms with Gasteiger partial charge in [0.1, 0.15) is 0 Å². The molecule has 1 aromatic carbocycles. The first-order valence-corrected chi connectivity index (χ1v) is 6.38. The van der Waals surface area contributed by atoms with Crippen molar-refractivity contribution < 1.29 is 0 Å². The molecule has 0 spiro atoms. The first-order valence-electron chi connectivity index (χ1n) is 6.38. The number of aromatic nitrogens is 3. The van der Waals surface area contributed by atoms with Crippen molar-refractivity contribution in [1.29, 1.82) is 0 Å². The van der Waals surface area contributed by atoms with E-state index in [0.717, 1.165) is 28.6 Å². The van der Waals surface area contributed by atoms with Crippen LogP contribution in [0.2, 0.25) is 0 Å². The Hall–Kier alpha value is -2.36. The van der Waals surface area contributed by atoms with Crippen molar-refractivity contribution in [1.82, 2.24) is 14.8 Å². The zero-order valence-corrected chi connectivity index (χ0v) is 10.8. The van der Waals surface area contributed by atoms with Crippen LogP contribution in [0.1, 0.15) is 18.1 Å². The van der Waals surface area contributed by atoms with Gasteiger partial charge in [-0.25, -0.2) is 0 Å². The largest absolute Gasteiger partial charge is 0.322 e. The smallest absolute Gasteiger partial charge is 0.251 e. The van der Waals surface area contributed by atoms with Gasteiger partial charge in [-0.1, -0.05) is 18.2 Å². The number of hydrogen-bond donors (Lipinski definition) is 1. The van der Waals surface area contributed by atoms with Crippen molar-refractivity contribution in [2.45, 2.75) is 19.9 Å². The predicted octanol–water partition coefficient (Wildman–Crippen LogP) is 2.34. The van der Waals surface area contributed by atoms with Gasteiger partial charge in [-0.3, -0.25) is 9.48 Å². The molecule has 1 N–H and O–H groups in total. The van der Waals surface area contributed by atoms with Gasteiger partial charge < -0.3 is 4.98 Å². The highest BCUT2D eigenvalue weighted by Gasteiger charge is 2.05. The molecule has 0 saturated carbocycles. The summed E-state index contributed by atoms with van der Waals surface area (Å²) in [5.74, 6) is 0. The summed E-state index contributed by atoms with van der Waals surface area (Å²) in [4.78, 5) is 14.9. The fourth-order valence-electron chi connectivity index (χ4n) is 2.21. The number of aromatic amines is 1. The van der Waals surface area contributed by atoms with Gasteiger partial charge >= 0.3 is 0 Å². The zero-order valence-electron chi connectivity index (χ0n) is 10.8. The van der Waals surface area contributed by atoms with E-state index in [9.17, 15) is 4.79 Å². The summed E-state index contributed by atoms with van der Waals surface area (Å²) in [6.07, 6.45) is 4.41. The first kappa shape index (κ1) is 11.7. The zero-order chi connectivity index (χ0) is 13.2. The van der Waals surface area contributed by atoms with E-state index in [0.29, 0.717) is 6.42 Å². The molecule has 0 atom stereocenters. The number of hydrogen-bond acceptors (Lipinski definition) is 2. The Bertz CT molecular complexity index is 770. The second kappa shape index (κ2) is 4.72. The Kier molecular flexibility index (Phi) is 2.91. The summed E-state index contributed by atoms with van der Waals surface area (Å²) in [6.45, 7) is 2.88. The quantitative estimate of drug-likeness (QED) is 0.779. The van der Waals surface area contributed by atoms with Crippen LogP contribution in [0.4, 0.5) is 0 Å². The van der Waals surface area contributed by atoms with Crippen LogP contribution in [-0.2, 0) is 13.0 Å². The Balaban J connectivity index is 2.00. The van der Waals surface area contributed by atoms with E-state index in [1.165, 1.54) is 0 Å². The van der Waals surface area contributed by atoms with E-state index in [4.69, 9.17) is 0 Å². The lowest BCUT2D eigenvalue weighted by atomic mass is 10.1. The maximum atomic E-state index is 12.0. The van der Waals surface area contributed by atoms with Crippen LogP contribution in [0.25, 0.3) is 10.9 Å². The maximum absolute atomic E-state index is 12.0. The monoisotopic (exact) mass is 253 g/mol. The van der Waals surface area contributed by atoms with E-state index in [1.807, 2.05) is 54.3 Å². The standard InChI is InChI=1S/C15H15N3O/c1-2-18-10-11(9-16-18)7-13-8-12-5-3-4-6-14(12)17-15(13)19/h3-6,8-10H,2,7H2,1H3,(H,17,19). The number of aryl methyl sites for hydroxylation is 1. The number of para-hydroxylation sites is 1. The van der Waals surface area contributed by atoms with Gasteiger partial charge in [-0.05, 0) is 30.0 Å². The topological polar surface area (TPSA) is 50.7 Å². The molecule has 0 bridgehead atoms. The van der Waals surface area contributed by atoms with Crippen molar-refractivity contribution in [3.63, 3.8) is 0 Å². The minimum Gasteiger partial charge on any atom is -0.322 e. The molecule has 4 heteroatoms. The molecule has 0 saturated heterocycles. The molecule has 4 nitrogen and oxygen atoms in total. The maximum Gasteiger partial charge on any atom is 0.251 e. The summed E-state index contributed by atoms with van der Waals surface area (Å²) >= 11 is 0. The SMILES string of the molecule is CCn1cc(Cc2cc3ccccc3[nH]c2=O)cn1. The number of pyridine rings is 1. The van der Waals surface area contributed by atoms with Crippen LogP contribution in [-0.4, -0.2) is 14.8 Å². The molecule has 0 fully saturated rings. The Morgan fingerprint density at radius 2 is 2.16 bits per heavy atom. The van der Waals surface area contributed by atoms with E-state index in [2.05, 4.69) is 10.1 Å². The molecule has 0 radical (unpaired) electrons. The molecule has 0 amide bonds. The van der Waals surface area contributed by atoms with Crippen molar-refractivity contribution in [3.05, 3.63) is 64.2 Å². The fraction of sp³-hybridized carbons (Fsp3) is 0.200. The highest BCUT2D eigenvalue weighted by Crippen LogP contribution is 2.12. The van der Waals surface area contributed by atoms with Crippen molar-refractivity contribution in [3.8, 4) is 0 Å². The molecule has 3 aromatic rings. The lowest BCUT2D eigenvalue weighted by Crippen LogP contribution is -2.12. The lowest BCUT2D eigenvalue weighted by Gasteiger charge is -2.01. The number of benzene rings is 1. The molecule has 0 aliphatic carbocycles. The van der Waals surface area contributed by atoms with Crippen LogP contribution < -0.4 is 5.56 Å². The van der Waals surface area contributed by atoms with Crippen LogP contribution >= 0.6 is 0 Å². The lowest BCUT2D eigenvalue weighted by molar-refractivity contribution is 0.659. The molecule has 2 aromatic heterocycles. The van der Waals surface area contributed by atoms with E-state index >= 15 is 0 Å². The molecule has 3 rings (SSSR count). The summed E-state index contributed by atoms with van der Waals surface area (Å²) < 4.78 is 1.87. The Morgan fingerprint density at radius 1 is 1.32 bits per heavy atom. The number of fused-ring (bicyclic) bond motifs is 1. The number of nitrogens with one attached hydrogen (secondary N) is 1. The van der Waals surface area contributed by atoms with Gasteiger partial charge in [-0.2, -0.15) is 5.10 Å². The van der Waals surface area contributed by atoms with Gasteiger partial charge in [-0.15, -0.1) is 0 Å². The molecular formula is C15H15N3O. The third kappa shape index (κ3) is 2.29. The third-order valence-electron chi connectivity index (χ3n) is 3.24. The van der Waals surface area contributed by atoms with E-state index < -0.39 is 0 Å². The van der Waals surface area contributed by atoms with E-state index in [1.54, 1.807) is 0 Å². The first-order chi connectivity index (χ1) is 9.26. The molecule has 2 heterocycles. The van der Waals surface area contributed by atoms with E-state index in [-0.39, 0.29) is 5.56 Å². The molecule has 96 valence electrons. The predicted molar refractivity (Wildman–Crippen MR) is 75.3 cm³/mol. The highest BCUT2D eigenvalue weighted by molar-refractivity contribution is 5.78. The fourth-order valence-corrected chi connectivity index (χ4v) is 2.21. The molecule has 0 aliphatic heterocycles. The molecule has 0 aliphatic rings. The summed E-state index contributed by atoms with van der Waals surface area (Å²) in [5, 5.41) is 5.28. The minimum atomic E-state index is -0.0250. The van der Waals surface area contributed by atoms with Gasteiger partial charge in [0.2, 0.25) is 0 Å². The van der Waals surface area contributed by atoms with Gasteiger partial charge in [0.25, 0.3) is 5.56 Å². The average molecular weight is 253 g/mol. The van der Waals surface area contributed by atoms with Crippen LogP contribution in [0.3, 0.4) is 0 Å². The van der Waals surface area contributed by atoms with Gasteiger partial charge in [0.05, 0.1) is 6.20 Å². The Labute approximate surface area is 110 Å². The van der Waals surface area contributed by atoms with Crippen LogP contribution in [0, 0.1) is 0 Å². The summed E-state index contributed by atoms with van der Waals surface area (Å²) in [7, 11) is 0. The normalized spacial score (nSPS) is 11.0. The second-order valence-electron chi connectivity index (χ2n) is 4.59. The van der Waals surface area contributed by atoms with Crippen molar-refractivity contribution >= 4 is 10.9 Å². The number of rotatable bonds is 3. The number of nitrogens with zero attached hydrogens (tertiary/aromatic N) is 2. The van der Waals surface area contributed by atoms with Gasteiger partial charge in [0.15, 0.2) is 0 Å².